The molecular formula is C20H30O6. The van der Waals surface area contributed by atoms with Gasteiger partial charge < -0.3 is 18.9 Å². The summed E-state index contributed by atoms with van der Waals surface area (Å²) in [5.41, 5.74) is 0. The second kappa shape index (κ2) is 8.26. The molecule has 0 aromatic rings. The number of epoxide rings is 2. The van der Waals surface area contributed by atoms with Gasteiger partial charge in [-0.25, -0.2) is 0 Å². The molecular weight excluding hydrogens is 336 g/mol. The first-order valence-corrected chi connectivity index (χ1v) is 10.3. The standard InChI is InChI=1S/C20H30O6/c21-19(23-11-13-5-7-15-17(9-13)25-15)3-1-2-4-20(22)24-12-14-6-8-16-18(10-14)26-16/h13-18H,1-12H2/t13?,14?,15-,16?,17?,18?/m1/s1. The number of ether oxygens (including phenoxy) is 4. The summed E-state index contributed by atoms with van der Waals surface area (Å²) in [4.78, 5) is 23.6. The maximum Gasteiger partial charge on any atom is 0.305 e. The van der Waals surface area contributed by atoms with Gasteiger partial charge in [0.1, 0.15) is 0 Å². The molecule has 0 aromatic carbocycles. The van der Waals surface area contributed by atoms with Gasteiger partial charge in [-0.15, -0.1) is 0 Å². The van der Waals surface area contributed by atoms with Gasteiger partial charge in [-0.05, 0) is 63.2 Å². The Morgan fingerprint density at radius 3 is 1.58 bits per heavy atom. The van der Waals surface area contributed by atoms with Gasteiger partial charge in [0.05, 0.1) is 37.6 Å². The van der Waals surface area contributed by atoms with E-state index in [4.69, 9.17) is 18.9 Å². The van der Waals surface area contributed by atoms with E-state index in [0.717, 1.165) is 38.5 Å². The molecule has 5 unspecified atom stereocenters. The Balaban J connectivity index is 0.992. The molecule has 0 aromatic heterocycles. The molecule has 6 atom stereocenters. The summed E-state index contributed by atoms with van der Waals surface area (Å²) in [6, 6.07) is 0. The lowest BCUT2D eigenvalue weighted by atomic mass is 9.90. The van der Waals surface area contributed by atoms with Crippen LogP contribution in [0.4, 0.5) is 0 Å². The molecule has 4 rings (SSSR count). The van der Waals surface area contributed by atoms with E-state index in [1.165, 1.54) is 0 Å². The molecule has 0 bridgehead atoms. The number of carbonyl (C=O) groups excluding carboxylic acids is 2. The largest absolute Gasteiger partial charge is 0.465 e. The zero-order valence-corrected chi connectivity index (χ0v) is 15.4. The number of fused-ring (bicyclic) bond motifs is 2. The van der Waals surface area contributed by atoms with E-state index in [-0.39, 0.29) is 11.9 Å². The van der Waals surface area contributed by atoms with Crippen molar-refractivity contribution < 1.29 is 28.5 Å². The first-order chi connectivity index (χ1) is 12.7. The molecule has 2 aliphatic heterocycles. The number of hydrogen-bond donors (Lipinski definition) is 0. The number of rotatable bonds is 9. The highest BCUT2D eigenvalue weighted by atomic mass is 16.6. The third kappa shape index (κ3) is 5.19. The summed E-state index contributed by atoms with van der Waals surface area (Å²) in [5, 5.41) is 0. The minimum atomic E-state index is -0.154. The fraction of sp³-hybridized carbons (Fsp3) is 0.900. The maximum atomic E-state index is 11.8. The zero-order valence-electron chi connectivity index (χ0n) is 15.4. The summed E-state index contributed by atoms with van der Waals surface area (Å²) < 4.78 is 21.7. The number of hydrogen-bond acceptors (Lipinski definition) is 6. The Bertz CT molecular complexity index is 474. The van der Waals surface area contributed by atoms with Gasteiger partial charge in [0.25, 0.3) is 0 Å². The summed E-state index contributed by atoms with van der Waals surface area (Å²) in [6.07, 6.45) is 10.4. The van der Waals surface area contributed by atoms with Gasteiger partial charge in [-0.1, -0.05) is 0 Å². The molecule has 6 nitrogen and oxygen atoms in total. The Labute approximate surface area is 154 Å². The molecule has 4 fully saturated rings. The normalized spacial score (nSPS) is 37.2. The Hall–Kier alpha value is -1.14. The van der Waals surface area contributed by atoms with Crippen LogP contribution in [0.25, 0.3) is 0 Å². The molecule has 4 aliphatic rings. The minimum Gasteiger partial charge on any atom is -0.465 e. The molecule has 0 amide bonds. The van der Waals surface area contributed by atoms with E-state index in [0.29, 0.717) is 75.1 Å². The second-order valence-corrected chi connectivity index (χ2v) is 8.36. The van der Waals surface area contributed by atoms with Gasteiger partial charge in [0.2, 0.25) is 0 Å². The van der Waals surface area contributed by atoms with E-state index in [2.05, 4.69) is 0 Å². The average molecular weight is 366 g/mol. The topological polar surface area (TPSA) is 77.7 Å². The highest BCUT2D eigenvalue weighted by molar-refractivity contribution is 5.70. The smallest absolute Gasteiger partial charge is 0.305 e. The van der Waals surface area contributed by atoms with Gasteiger partial charge >= 0.3 is 11.9 Å². The Kier molecular flexibility index (Phi) is 5.79. The van der Waals surface area contributed by atoms with Gasteiger partial charge in [0, 0.05) is 12.8 Å². The fourth-order valence-corrected chi connectivity index (χ4v) is 4.38. The van der Waals surface area contributed by atoms with Crippen molar-refractivity contribution in [3.05, 3.63) is 0 Å². The minimum absolute atomic E-state index is 0.154. The number of unbranched alkanes of at least 4 members (excludes halogenated alkanes) is 1. The highest BCUT2D eigenvalue weighted by Gasteiger charge is 2.44. The van der Waals surface area contributed by atoms with Crippen LogP contribution in [-0.4, -0.2) is 49.6 Å². The Morgan fingerprint density at radius 1 is 0.692 bits per heavy atom. The summed E-state index contributed by atoms with van der Waals surface area (Å²) >= 11 is 0. The summed E-state index contributed by atoms with van der Waals surface area (Å²) in [6.45, 7) is 1.03. The van der Waals surface area contributed by atoms with Crippen LogP contribution in [0.15, 0.2) is 0 Å². The van der Waals surface area contributed by atoms with Crippen molar-refractivity contribution in [1.82, 2.24) is 0 Å². The molecule has 0 radical (unpaired) electrons. The van der Waals surface area contributed by atoms with E-state index in [1.807, 2.05) is 0 Å². The van der Waals surface area contributed by atoms with E-state index in [9.17, 15) is 9.59 Å². The SMILES string of the molecule is O=C(CCCCC(=O)OCC1CC[C@H]2OC2C1)OCC1CCC2OC2C1. The van der Waals surface area contributed by atoms with Crippen molar-refractivity contribution in [2.24, 2.45) is 11.8 Å². The predicted octanol–water partition coefficient (Wildman–Crippen LogP) is 2.77. The lowest BCUT2D eigenvalue weighted by Crippen LogP contribution is -2.20. The Morgan fingerprint density at radius 2 is 1.15 bits per heavy atom. The van der Waals surface area contributed by atoms with Crippen LogP contribution >= 0.6 is 0 Å². The third-order valence-electron chi connectivity index (χ3n) is 6.20. The molecule has 26 heavy (non-hydrogen) atoms. The zero-order chi connectivity index (χ0) is 17.9. The number of esters is 2. The van der Waals surface area contributed by atoms with Crippen molar-refractivity contribution in [2.75, 3.05) is 13.2 Å². The maximum absolute atomic E-state index is 11.8. The van der Waals surface area contributed by atoms with Crippen molar-refractivity contribution in [1.29, 1.82) is 0 Å². The first-order valence-electron chi connectivity index (χ1n) is 10.3. The van der Waals surface area contributed by atoms with Crippen LogP contribution in [0.5, 0.6) is 0 Å². The second-order valence-electron chi connectivity index (χ2n) is 8.36. The molecule has 0 spiro atoms. The predicted molar refractivity (Wildman–Crippen MR) is 92.4 cm³/mol. The van der Waals surface area contributed by atoms with Crippen LogP contribution in [-0.2, 0) is 28.5 Å². The molecule has 2 aliphatic carbocycles. The van der Waals surface area contributed by atoms with Crippen LogP contribution in [0.3, 0.4) is 0 Å². The van der Waals surface area contributed by atoms with Gasteiger partial charge in [-0.3, -0.25) is 9.59 Å². The van der Waals surface area contributed by atoms with Crippen LogP contribution in [0, 0.1) is 11.8 Å². The van der Waals surface area contributed by atoms with Gasteiger partial charge in [-0.2, -0.15) is 0 Å². The molecule has 0 N–H and O–H groups in total. The summed E-state index contributed by atoms with van der Waals surface area (Å²) in [7, 11) is 0. The highest BCUT2D eigenvalue weighted by Crippen LogP contribution is 2.40. The van der Waals surface area contributed by atoms with E-state index >= 15 is 0 Å². The van der Waals surface area contributed by atoms with E-state index in [1.54, 1.807) is 0 Å². The summed E-state index contributed by atoms with van der Waals surface area (Å²) in [5.74, 6) is 0.597. The van der Waals surface area contributed by atoms with Crippen molar-refractivity contribution in [2.45, 2.75) is 88.6 Å². The quantitative estimate of drug-likeness (QED) is 0.355. The van der Waals surface area contributed by atoms with Crippen LogP contribution in [0.1, 0.15) is 64.2 Å². The molecule has 2 heterocycles. The number of carbonyl (C=O) groups is 2. The van der Waals surface area contributed by atoms with E-state index < -0.39 is 0 Å². The molecule has 2 saturated carbocycles. The monoisotopic (exact) mass is 366 g/mol. The first kappa shape index (κ1) is 18.2. The average Bonchev–Trinajstić information content (AvgIpc) is 3.55. The molecule has 6 heteroatoms. The third-order valence-corrected chi connectivity index (χ3v) is 6.20. The van der Waals surface area contributed by atoms with Crippen molar-refractivity contribution in [3.8, 4) is 0 Å². The fourth-order valence-electron chi connectivity index (χ4n) is 4.38. The lowest BCUT2D eigenvalue weighted by molar-refractivity contribution is -0.147. The van der Waals surface area contributed by atoms with Crippen LogP contribution < -0.4 is 0 Å². The van der Waals surface area contributed by atoms with Gasteiger partial charge in [0.15, 0.2) is 0 Å². The molecule has 146 valence electrons. The van der Waals surface area contributed by atoms with Crippen molar-refractivity contribution >= 4 is 11.9 Å². The van der Waals surface area contributed by atoms with Crippen LogP contribution in [0.2, 0.25) is 0 Å². The van der Waals surface area contributed by atoms with Crippen molar-refractivity contribution in [3.63, 3.8) is 0 Å². The molecule has 2 saturated heterocycles. The lowest BCUT2D eigenvalue weighted by Gasteiger charge is -2.18.